The number of anilines is 2. The molecule has 0 aliphatic carbocycles. The zero-order chi connectivity index (χ0) is 12.8. The number of aromatic nitrogens is 1. The van der Waals surface area contributed by atoms with Crippen LogP contribution in [0, 0.1) is 0 Å². The number of nitrogen functional groups attached to an aromatic ring is 1. The Hall–Kier alpha value is -1.75. The molecule has 0 saturated heterocycles. The van der Waals surface area contributed by atoms with Crippen LogP contribution in [0.2, 0.25) is 0 Å². The quantitative estimate of drug-likeness (QED) is 0.787. The lowest BCUT2D eigenvalue weighted by Crippen LogP contribution is -2.05. The van der Waals surface area contributed by atoms with Crippen molar-refractivity contribution in [3.05, 3.63) is 34.8 Å². The van der Waals surface area contributed by atoms with E-state index >= 15 is 0 Å². The highest BCUT2D eigenvalue weighted by Gasteiger charge is 2.00. The minimum Gasteiger partial charge on any atom is -0.494 e. The summed E-state index contributed by atoms with van der Waals surface area (Å²) in [5, 5.41) is 6.45. The highest BCUT2D eigenvalue weighted by Crippen LogP contribution is 2.22. The van der Waals surface area contributed by atoms with Gasteiger partial charge in [0, 0.05) is 48.0 Å². The van der Waals surface area contributed by atoms with Gasteiger partial charge in [-0.1, -0.05) is 0 Å². The number of rotatable bonds is 6. The molecule has 2 rings (SSSR count). The minimum absolute atomic E-state index is 0.641. The van der Waals surface area contributed by atoms with Crippen molar-refractivity contribution >= 4 is 22.7 Å². The van der Waals surface area contributed by atoms with E-state index in [2.05, 4.69) is 10.3 Å². The smallest absolute Gasteiger partial charge is 0.123 e. The first kappa shape index (κ1) is 12.7. The molecular formula is C13H17N3OS. The third-order valence-corrected chi connectivity index (χ3v) is 3.23. The summed E-state index contributed by atoms with van der Waals surface area (Å²) >= 11 is 1.67. The van der Waals surface area contributed by atoms with Crippen molar-refractivity contribution in [2.24, 2.45) is 0 Å². The number of thiazole rings is 1. The summed E-state index contributed by atoms with van der Waals surface area (Å²) in [6, 6.07) is 5.70. The van der Waals surface area contributed by atoms with Gasteiger partial charge in [0.1, 0.15) is 5.75 Å². The highest BCUT2D eigenvalue weighted by atomic mass is 32.1. The van der Waals surface area contributed by atoms with Gasteiger partial charge >= 0.3 is 0 Å². The van der Waals surface area contributed by atoms with Crippen LogP contribution in [0.4, 0.5) is 11.4 Å². The van der Waals surface area contributed by atoms with Crippen LogP contribution in [0.1, 0.15) is 11.9 Å². The second-order valence-corrected chi connectivity index (χ2v) is 4.81. The molecule has 0 saturated carbocycles. The highest BCUT2D eigenvalue weighted by molar-refractivity contribution is 7.09. The summed E-state index contributed by atoms with van der Waals surface area (Å²) in [5.74, 6) is 0.800. The number of hydrogen-bond acceptors (Lipinski definition) is 5. The molecule has 5 heteroatoms. The number of nitrogens with one attached hydrogen (secondary N) is 1. The third-order valence-electron chi connectivity index (χ3n) is 2.39. The van der Waals surface area contributed by atoms with Gasteiger partial charge < -0.3 is 15.8 Å². The van der Waals surface area contributed by atoms with Crippen molar-refractivity contribution in [1.29, 1.82) is 0 Å². The maximum Gasteiger partial charge on any atom is 0.123 e. The molecule has 0 amide bonds. The van der Waals surface area contributed by atoms with Crippen LogP contribution in [0.3, 0.4) is 0 Å². The maximum atomic E-state index is 5.83. The molecule has 96 valence electrons. The van der Waals surface area contributed by atoms with Crippen LogP contribution in [-0.2, 0) is 6.42 Å². The molecule has 4 nitrogen and oxygen atoms in total. The topological polar surface area (TPSA) is 60.2 Å². The standard InChI is InChI=1S/C13H17N3OS/c1-2-17-12-8-10(14)7-11(9-12)15-4-3-13-16-5-6-18-13/h5-9,15H,2-4,14H2,1H3. The lowest BCUT2D eigenvalue weighted by Gasteiger charge is -2.09. The van der Waals surface area contributed by atoms with Crippen molar-refractivity contribution in [2.45, 2.75) is 13.3 Å². The molecule has 0 aliphatic heterocycles. The molecule has 1 aromatic heterocycles. The summed E-state index contributed by atoms with van der Waals surface area (Å²) in [6.45, 7) is 3.43. The van der Waals surface area contributed by atoms with Crippen molar-refractivity contribution in [2.75, 3.05) is 24.2 Å². The van der Waals surface area contributed by atoms with E-state index in [9.17, 15) is 0 Å². The van der Waals surface area contributed by atoms with E-state index in [1.807, 2.05) is 36.7 Å². The SMILES string of the molecule is CCOc1cc(N)cc(NCCc2nccs2)c1. The van der Waals surface area contributed by atoms with E-state index in [4.69, 9.17) is 10.5 Å². The molecule has 0 radical (unpaired) electrons. The number of benzene rings is 1. The summed E-state index contributed by atoms with van der Waals surface area (Å²) in [5.41, 5.74) is 7.51. The average molecular weight is 263 g/mol. The first-order chi connectivity index (χ1) is 8.78. The Morgan fingerprint density at radius 3 is 3.00 bits per heavy atom. The normalized spacial score (nSPS) is 10.3. The Labute approximate surface area is 111 Å². The second-order valence-electron chi connectivity index (χ2n) is 3.83. The maximum absolute atomic E-state index is 5.83. The molecule has 18 heavy (non-hydrogen) atoms. The molecule has 2 aromatic rings. The number of ether oxygens (including phenoxy) is 1. The summed E-state index contributed by atoms with van der Waals surface area (Å²) in [4.78, 5) is 4.24. The Kier molecular flexibility index (Phi) is 4.41. The van der Waals surface area contributed by atoms with Gasteiger partial charge in [-0.3, -0.25) is 0 Å². The van der Waals surface area contributed by atoms with Gasteiger partial charge in [-0.05, 0) is 13.0 Å². The van der Waals surface area contributed by atoms with Crippen LogP contribution < -0.4 is 15.8 Å². The molecule has 0 bridgehead atoms. The molecular weight excluding hydrogens is 246 g/mol. The third kappa shape index (κ3) is 3.63. The van der Waals surface area contributed by atoms with E-state index in [0.29, 0.717) is 12.3 Å². The summed E-state index contributed by atoms with van der Waals surface area (Å²) in [7, 11) is 0. The molecule has 0 spiro atoms. The van der Waals surface area contributed by atoms with Gasteiger partial charge in [-0.15, -0.1) is 11.3 Å². The van der Waals surface area contributed by atoms with E-state index in [0.717, 1.165) is 29.4 Å². The van der Waals surface area contributed by atoms with Crippen LogP contribution >= 0.6 is 11.3 Å². The van der Waals surface area contributed by atoms with Crippen LogP contribution in [-0.4, -0.2) is 18.1 Å². The van der Waals surface area contributed by atoms with Crippen molar-refractivity contribution in [1.82, 2.24) is 4.98 Å². The second kappa shape index (κ2) is 6.26. The summed E-state index contributed by atoms with van der Waals surface area (Å²) < 4.78 is 5.45. The number of hydrogen-bond donors (Lipinski definition) is 2. The Balaban J connectivity index is 1.92. The summed E-state index contributed by atoms with van der Waals surface area (Å²) in [6.07, 6.45) is 2.74. The fourth-order valence-electron chi connectivity index (χ4n) is 1.66. The van der Waals surface area contributed by atoms with E-state index in [-0.39, 0.29) is 0 Å². The molecule has 1 aromatic carbocycles. The largest absolute Gasteiger partial charge is 0.494 e. The minimum atomic E-state index is 0.641. The van der Waals surface area contributed by atoms with Crippen molar-refractivity contribution in [3.8, 4) is 5.75 Å². The van der Waals surface area contributed by atoms with Gasteiger partial charge in [0.05, 0.1) is 11.6 Å². The zero-order valence-corrected chi connectivity index (χ0v) is 11.2. The number of nitrogens with zero attached hydrogens (tertiary/aromatic N) is 1. The van der Waals surface area contributed by atoms with Crippen LogP contribution in [0.15, 0.2) is 29.8 Å². The van der Waals surface area contributed by atoms with Gasteiger partial charge in [0.2, 0.25) is 0 Å². The Bertz CT molecular complexity index is 485. The predicted octanol–water partition coefficient (Wildman–Crippen LogP) is 2.78. The van der Waals surface area contributed by atoms with Gasteiger partial charge in [-0.2, -0.15) is 0 Å². The lowest BCUT2D eigenvalue weighted by atomic mass is 10.2. The number of nitrogens with two attached hydrogens (primary N) is 1. The van der Waals surface area contributed by atoms with Gasteiger partial charge in [0.25, 0.3) is 0 Å². The van der Waals surface area contributed by atoms with Gasteiger partial charge in [-0.25, -0.2) is 4.98 Å². The first-order valence-corrected chi connectivity index (χ1v) is 6.81. The van der Waals surface area contributed by atoms with Crippen LogP contribution in [0.5, 0.6) is 5.75 Å². The zero-order valence-electron chi connectivity index (χ0n) is 10.3. The van der Waals surface area contributed by atoms with Crippen LogP contribution in [0.25, 0.3) is 0 Å². The fraction of sp³-hybridized carbons (Fsp3) is 0.308. The molecule has 0 atom stereocenters. The van der Waals surface area contributed by atoms with Gasteiger partial charge in [0.15, 0.2) is 0 Å². The van der Waals surface area contributed by atoms with Crippen molar-refractivity contribution < 1.29 is 4.74 Å². The predicted molar refractivity (Wildman–Crippen MR) is 76.3 cm³/mol. The molecule has 0 unspecified atom stereocenters. The average Bonchev–Trinajstić information content (AvgIpc) is 2.82. The lowest BCUT2D eigenvalue weighted by molar-refractivity contribution is 0.340. The molecule has 0 aliphatic rings. The molecule has 3 N–H and O–H groups in total. The fourth-order valence-corrected chi connectivity index (χ4v) is 2.28. The Morgan fingerprint density at radius 2 is 2.28 bits per heavy atom. The van der Waals surface area contributed by atoms with E-state index in [1.54, 1.807) is 11.3 Å². The molecule has 1 heterocycles. The monoisotopic (exact) mass is 263 g/mol. The first-order valence-electron chi connectivity index (χ1n) is 5.93. The van der Waals surface area contributed by atoms with E-state index in [1.165, 1.54) is 0 Å². The van der Waals surface area contributed by atoms with Crippen molar-refractivity contribution in [3.63, 3.8) is 0 Å². The molecule has 0 fully saturated rings. The van der Waals surface area contributed by atoms with E-state index < -0.39 is 0 Å². The Morgan fingerprint density at radius 1 is 1.39 bits per heavy atom.